The molecule has 1 amide bonds. The number of carbonyl (C=O) groups is 1. The quantitative estimate of drug-likeness (QED) is 0.742. The molecule has 1 unspecified atom stereocenters. The summed E-state index contributed by atoms with van der Waals surface area (Å²) in [6.45, 7) is 3.06. The third kappa shape index (κ3) is 5.80. The lowest BCUT2D eigenvalue weighted by Crippen LogP contribution is -2.38. The van der Waals surface area contributed by atoms with Crippen LogP contribution >= 0.6 is 0 Å². The van der Waals surface area contributed by atoms with Gasteiger partial charge in [0, 0.05) is 18.8 Å². The van der Waals surface area contributed by atoms with Crippen molar-refractivity contribution in [2.75, 3.05) is 25.6 Å². The summed E-state index contributed by atoms with van der Waals surface area (Å²) in [5.41, 5.74) is 0.822. The van der Waals surface area contributed by atoms with Crippen LogP contribution in [0.1, 0.15) is 19.8 Å². The first-order valence-corrected chi connectivity index (χ1v) is 6.33. The van der Waals surface area contributed by atoms with Crippen molar-refractivity contribution in [3.63, 3.8) is 0 Å². The second-order valence-electron chi connectivity index (χ2n) is 4.24. The number of anilines is 1. The van der Waals surface area contributed by atoms with Crippen molar-refractivity contribution >= 4 is 11.6 Å². The van der Waals surface area contributed by atoms with Gasteiger partial charge in [0.2, 0.25) is 5.91 Å². The Morgan fingerprint density at radius 1 is 1.33 bits per heavy atom. The maximum absolute atomic E-state index is 11.7. The van der Waals surface area contributed by atoms with E-state index in [4.69, 9.17) is 4.74 Å². The van der Waals surface area contributed by atoms with Crippen LogP contribution in [0.15, 0.2) is 30.3 Å². The Bertz CT molecular complexity index is 335. The van der Waals surface area contributed by atoms with E-state index in [0.717, 1.165) is 18.5 Å². The monoisotopic (exact) mass is 250 g/mol. The first-order valence-electron chi connectivity index (χ1n) is 6.33. The van der Waals surface area contributed by atoms with Crippen LogP contribution in [0, 0.1) is 0 Å². The zero-order valence-corrected chi connectivity index (χ0v) is 11.1. The number of carbonyl (C=O) groups excluding carboxylic acids is 1. The third-order valence-corrected chi connectivity index (χ3v) is 2.61. The molecule has 100 valence electrons. The van der Waals surface area contributed by atoms with E-state index < -0.39 is 0 Å². The van der Waals surface area contributed by atoms with Gasteiger partial charge in [-0.1, -0.05) is 31.5 Å². The number of para-hydroxylation sites is 1. The highest BCUT2D eigenvalue weighted by atomic mass is 16.5. The molecule has 0 aliphatic rings. The maximum atomic E-state index is 11.7. The fourth-order valence-electron chi connectivity index (χ4n) is 1.76. The van der Waals surface area contributed by atoms with Crippen molar-refractivity contribution in [3.05, 3.63) is 30.3 Å². The molecule has 18 heavy (non-hydrogen) atoms. The largest absolute Gasteiger partial charge is 0.383 e. The molecule has 0 spiro atoms. The van der Waals surface area contributed by atoms with E-state index in [9.17, 15) is 4.79 Å². The predicted octanol–water partition coefficient (Wildman–Crippen LogP) is 2.03. The first-order chi connectivity index (χ1) is 8.76. The molecule has 0 fully saturated rings. The number of hydrogen-bond donors (Lipinski definition) is 2. The van der Waals surface area contributed by atoms with Gasteiger partial charge in [-0.2, -0.15) is 0 Å². The van der Waals surface area contributed by atoms with E-state index in [0.29, 0.717) is 13.2 Å². The number of methoxy groups -OCH3 is 1. The van der Waals surface area contributed by atoms with Crippen LogP contribution in [0.2, 0.25) is 0 Å². The molecular formula is C14H22N2O2. The number of benzene rings is 1. The minimum Gasteiger partial charge on any atom is -0.383 e. The summed E-state index contributed by atoms with van der Waals surface area (Å²) in [4.78, 5) is 11.7. The molecule has 1 rings (SSSR count). The number of rotatable bonds is 8. The molecule has 1 aromatic carbocycles. The number of amides is 1. The molecule has 0 saturated heterocycles. The lowest BCUT2D eigenvalue weighted by Gasteiger charge is -2.16. The smallest absolute Gasteiger partial charge is 0.238 e. The summed E-state index contributed by atoms with van der Waals surface area (Å²) < 4.78 is 5.11. The fraction of sp³-hybridized carbons (Fsp3) is 0.500. The van der Waals surface area contributed by atoms with Crippen molar-refractivity contribution in [3.8, 4) is 0 Å². The van der Waals surface area contributed by atoms with Gasteiger partial charge in [0.25, 0.3) is 0 Å². The topological polar surface area (TPSA) is 50.4 Å². The molecule has 1 aromatic rings. The van der Waals surface area contributed by atoms with Gasteiger partial charge in [-0.3, -0.25) is 4.79 Å². The SMILES string of the molecule is CCCC(COC)NCC(=O)Nc1ccccc1. The molecule has 0 heterocycles. The Hall–Kier alpha value is -1.39. The molecule has 0 aliphatic carbocycles. The second kappa shape index (κ2) is 8.66. The molecule has 2 N–H and O–H groups in total. The average Bonchev–Trinajstić information content (AvgIpc) is 2.38. The van der Waals surface area contributed by atoms with Crippen LogP contribution in [-0.4, -0.2) is 32.2 Å². The van der Waals surface area contributed by atoms with Crippen molar-refractivity contribution in [2.24, 2.45) is 0 Å². The molecule has 4 heteroatoms. The average molecular weight is 250 g/mol. The van der Waals surface area contributed by atoms with E-state index in [1.807, 2.05) is 30.3 Å². The molecule has 4 nitrogen and oxygen atoms in total. The first kappa shape index (κ1) is 14.7. The summed E-state index contributed by atoms with van der Waals surface area (Å²) >= 11 is 0. The van der Waals surface area contributed by atoms with E-state index in [1.54, 1.807) is 7.11 Å². The van der Waals surface area contributed by atoms with Crippen LogP contribution in [0.3, 0.4) is 0 Å². The van der Waals surface area contributed by atoms with Gasteiger partial charge in [0.1, 0.15) is 0 Å². The maximum Gasteiger partial charge on any atom is 0.238 e. The normalized spacial score (nSPS) is 12.1. The Balaban J connectivity index is 2.31. The Morgan fingerprint density at radius 3 is 2.67 bits per heavy atom. The molecule has 0 saturated carbocycles. The lowest BCUT2D eigenvalue weighted by atomic mass is 10.2. The molecule has 0 radical (unpaired) electrons. The van der Waals surface area contributed by atoms with E-state index in [2.05, 4.69) is 17.6 Å². The van der Waals surface area contributed by atoms with E-state index >= 15 is 0 Å². The van der Waals surface area contributed by atoms with Gasteiger partial charge < -0.3 is 15.4 Å². The van der Waals surface area contributed by atoms with E-state index in [-0.39, 0.29) is 11.9 Å². The summed E-state index contributed by atoms with van der Waals surface area (Å²) in [7, 11) is 1.67. The zero-order valence-electron chi connectivity index (χ0n) is 11.1. The van der Waals surface area contributed by atoms with Crippen molar-refractivity contribution < 1.29 is 9.53 Å². The van der Waals surface area contributed by atoms with Gasteiger partial charge in [-0.15, -0.1) is 0 Å². The summed E-state index contributed by atoms with van der Waals surface area (Å²) in [5.74, 6) is -0.0293. The number of hydrogen-bond acceptors (Lipinski definition) is 3. The van der Waals surface area contributed by atoms with Gasteiger partial charge in [-0.25, -0.2) is 0 Å². The van der Waals surface area contributed by atoms with Crippen LogP contribution in [0.4, 0.5) is 5.69 Å². The van der Waals surface area contributed by atoms with Gasteiger partial charge in [-0.05, 0) is 18.6 Å². The number of nitrogens with one attached hydrogen (secondary N) is 2. The van der Waals surface area contributed by atoms with Crippen LogP contribution in [0.25, 0.3) is 0 Å². The molecule has 1 atom stereocenters. The van der Waals surface area contributed by atoms with Crippen molar-refractivity contribution in [1.29, 1.82) is 0 Å². The van der Waals surface area contributed by atoms with Gasteiger partial charge >= 0.3 is 0 Å². The molecular weight excluding hydrogens is 228 g/mol. The molecule has 0 aromatic heterocycles. The lowest BCUT2D eigenvalue weighted by molar-refractivity contribution is -0.115. The summed E-state index contributed by atoms with van der Waals surface area (Å²) in [6, 6.07) is 9.69. The Labute approximate surface area is 109 Å². The molecule has 0 aliphatic heterocycles. The minimum absolute atomic E-state index is 0.0293. The van der Waals surface area contributed by atoms with Gasteiger partial charge in [0.15, 0.2) is 0 Å². The molecule has 0 bridgehead atoms. The fourth-order valence-corrected chi connectivity index (χ4v) is 1.76. The van der Waals surface area contributed by atoms with Crippen LogP contribution < -0.4 is 10.6 Å². The van der Waals surface area contributed by atoms with Crippen LogP contribution in [-0.2, 0) is 9.53 Å². The highest BCUT2D eigenvalue weighted by Crippen LogP contribution is 2.04. The predicted molar refractivity (Wildman–Crippen MR) is 73.6 cm³/mol. The van der Waals surface area contributed by atoms with Gasteiger partial charge in [0.05, 0.1) is 13.2 Å². The summed E-state index contributed by atoms with van der Waals surface area (Å²) in [6.07, 6.45) is 2.08. The van der Waals surface area contributed by atoms with Crippen molar-refractivity contribution in [2.45, 2.75) is 25.8 Å². The highest BCUT2D eigenvalue weighted by molar-refractivity contribution is 5.92. The Morgan fingerprint density at radius 2 is 2.06 bits per heavy atom. The standard InChI is InChI=1S/C14H22N2O2/c1-3-7-13(11-18-2)15-10-14(17)16-12-8-5-4-6-9-12/h4-6,8-9,13,15H,3,7,10-11H2,1-2H3,(H,16,17). The third-order valence-electron chi connectivity index (χ3n) is 2.61. The highest BCUT2D eigenvalue weighted by Gasteiger charge is 2.09. The number of ether oxygens (including phenoxy) is 1. The Kier molecular flexibility index (Phi) is 7.06. The van der Waals surface area contributed by atoms with Crippen molar-refractivity contribution in [1.82, 2.24) is 5.32 Å². The van der Waals surface area contributed by atoms with E-state index in [1.165, 1.54) is 0 Å². The minimum atomic E-state index is -0.0293. The van der Waals surface area contributed by atoms with Crippen LogP contribution in [0.5, 0.6) is 0 Å². The second-order valence-corrected chi connectivity index (χ2v) is 4.24. The zero-order chi connectivity index (χ0) is 13.2. The summed E-state index contributed by atoms with van der Waals surface area (Å²) in [5, 5.41) is 6.04.